The number of aromatic nitrogens is 3. The Morgan fingerprint density at radius 2 is 1.90 bits per heavy atom. The Morgan fingerprint density at radius 3 is 2.62 bits per heavy atom. The summed E-state index contributed by atoms with van der Waals surface area (Å²) in [5, 5.41) is 3.34. The van der Waals surface area contributed by atoms with E-state index in [2.05, 4.69) is 32.4 Å². The Hall–Kier alpha value is -3.67. The Kier molecular flexibility index (Phi) is 4.44. The van der Waals surface area contributed by atoms with Crippen molar-refractivity contribution in [2.24, 2.45) is 0 Å². The van der Waals surface area contributed by atoms with Crippen LogP contribution in [0.5, 0.6) is 0 Å². The summed E-state index contributed by atoms with van der Waals surface area (Å²) in [5.41, 5.74) is 5.03. The number of aromatic amines is 1. The second-order valence-electron chi connectivity index (χ2n) is 7.20. The number of hydrogen-bond donors (Lipinski definition) is 2. The molecule has 1 aliphatic heterocycles. The largest absolute Gasteiger partial charge is 0.366 e. The van der Waals surface area contributed by atoms with E-state index in [0.717, 1.165) is 52.5 Å². The Morgan fingerprint density at radius 1 is 1.03 bits per heavy atom. The van der Waals surface area contributed by atoms with Gasteiger partial charge >= 0.3 is 0 Å². The molecule has 1 aliphatic rings. The zero-order valence-electron chi connectivity index (χ0n) is 15.9. The molecule has 0 bridgehead atoms. The van der Waals surface area contributed by atoms with E-state index >= 15 is 0 Å². The quantitative estimate of drug-likeness (QED) is 0.537. The minimum Gasteiger partial charge on any atom is -0.366 e. The Balaban J connectivity index is 1.24. The summed E-state index contributed by atoms with van der Waals surface area (Å²) in [5.74, 6) is 1.84. The highest BCUT2D eigenvalue weighted by Crippen LogP contribution is 2.23. The molecule has 0 spiro atoms. The number of benzene rings is 2. The lowest BCUT2D eigenvalue weighted by Crippen LogP contribution is -2.23. The van der Waals surface area contributed by atoms with E-state index in [4.69, 9.17) is 0 Å². The molecule has 2 aromatic carbocycles. The fourth-order valence-corrected chi connectivity index (χ4v) is 3.64. The maximum atomic E-state index is 11.8. The van der Waals surface area contributed by atoms with E-state index in [0.29, 0.717) is 13.0 Å². The van der Waals surface area contributed by atoms with Crippen LogP contribution in [0, 0.1) is 0 Å². The van der Waals surface area contributed by atoms with Gasteiger partial charge in [-0.25, -0.2) is 9.97 Å². The van der Waals surface area contributed by atoms with Gasteiger partial charge in [-0.2, -0.15) is 0 Å². The number of rotatable bonds is 5. The standard InChI is InChI=1S/C23H21N5O/c29-22-6-3-13-28(22)18-10-7-16(8-11-18)14-24-21-12-9-17(15-25-21)23-26-19-4-1-2-5-20(19)27-23/h1-2,4-5,7-12,15H,3,6,13-14H2,(H,24,25)(H,26,27). The number of amides is 1. The molecule has 1 saturated heterocycles. The fourth-order valence-electron chi connectivity index (χ4n) is 3.64. The SMILES string of the molecule is O=C1CCCN1c1ccc(CNc2ccc(-c3nc4ccccc4[nH]3)cn2)cc1. The van der Waals surface area contributed by atoms with Crippen LogP contribution in [0.2, 0.25) is 0 Å². The molecular weight excluding hydrogens is 362 g/mol. The van der Waals surface area contributed by atoms with E-state index in [9.17, 15) is 4.79 Å². The highest BCUT2D eigenvalue weighted by molar-refractivity contribution is 5.95. The van der Waals surface area contributed by atoms with Gasteiger partial charge in [-0.05, 0) is 48.4 Å². The second-order valence-corrected chi connectivity index (χ2v) is 7.20. The lowest BCUT2D eigenvalue weighted by Gasteiger charge is -2.16. The van der Waals surface area contributed by atoms with Crippen molar-refractivity contribution < 1.29 is 4.79 Å². The summed E-state index contributed by atoms with van der Waals surface area (Å²) in [6.45, 7) is 1.49. The summed E-state index contributed by atoms with van der Waals surface area (Å²) in [6.07, 6.45) is 3.42. The monoisotopic (exact) mass is 383 g/mol. The first-order valence-electron chi connectivity index (χ1n) is 9.81. The highest BCUT2D eigenvalue weighted by Gasteiger charge is 2.21. The third-order valence-electron chi connectivity index (χ3n) is 5.22. The number of carbonyl (C=O) groups excluding carboxylic acids is 1. The first-order chi connectivity index (χ1) is 14.3. The van der Waals surface area contributed by atoms with Gasteiger partial charge in [0.15, 0.2) is 0 Å². The highest BCUT2D eigenvalue weighted by atomic mass is 16.2. The molecular formula is C23H21N5O. The second kappa shape index (κ2) is 7.39. The van der Waals surface area contributed by atoms with Crippen LogP contribution >= 0.6 is 0 Å². The van der Waals surface area contributed by atoms with Crippen LogP contribution in [-0.4, -0.2) is 27.4 Å². The number of H-pyrrole nitrogens is 1. The lowest BCUT2D eigenvalue weighted by atomic mass is 10.2. The summed E-state index contributed by atoms with van der Waals surface area (Å²) in [6, 6.07) is 20.1. The topological polar surface area (TPSA) is 73.9 Å². The molecule has 0 aliphatic carbocycles. The van der Waals surface area contributed by atoms with Gasteiger partial charge in [0.05, 0.1) is 11.0 Å². The molecule has 6 heteroatoms. The molecule has 4 aromatic rings. The normalized spacial score (nSPS) is 13.9. The number of nitrogens with one attached hydrogen (secondary N) is 2. The van der Waals surface area contributed by atoms with Gasteiger partial charge in [-0.3, -0.25) is 4.79 Å². The summed E-state index contributed by atoms with van der Waals surface area (Å²) < 4.78 is 0. The van der Waals surface area contributed by atoms with Crippen molar-refractivity contribution in [2.75, 3.05) is 16.8 Å². The van der Waals surface area contributed by atoms with Gasteiger partial charge in [0.2, 0.25) is 5.91 Å². The van der Waals surface area contributed by atoms with Crippen LogP contribution in [0.25, 0.3) is 22.4 Å². The third kappa shape index (κ3) is 3.57. The number of carbonyl (C=O) groups is 1. The molecule has 0 saturated carbocycles. The molecule has 1 fully saturated rings. The molecule has 144 valence electrons. The molecule has 6 nitrogen and oxygen atoms in total. The third-order valence-corrected chi connectivity index (χ3v) is 5.22. The van der Waals surface area contributed by atoms with Crippen LogP contribution < -0.4 is 10.2 Å². The fraction of sp³-hybridized carbons (Fsp3) is 0.174. The van der Waals surface area contributed by atoms with Crippen LogP contribution in [0.3, 0.4) is 0 Å². The summed E-state index contributed by atoms with van der Waals surface area (Å²) >= 11 is 0. The van der Waals surface area contributed by atoms with E-state index in [1.165, 1.54) is 0 Å². The maximum absolute atomic E-state index is 11.8. The van der Waals surface area contributed by atoms with Crippen molar-refractivity contribution in [2.45, 2.75) is 19.4 Å². The number of imidazole rings is 1. The smallest absolute Gasteiger partial charge is 0.227 e. The summed E-state index contributed by atoms with van der Waals surface area (Å²) in [4.78, 5) is 26.1. The average Bonchev–Trinajstić information content (AvgIpc) is 3.39. The predicted octanol–water partition coefficient (Wildman–Crippen LogP) is 4.36. The van der Waals surface area contributed by atoms with Gasteiger partial charge in [0.1, 0.15) is 11.6 Å². The minimum atomic E-state index is 0.213. The minimum absolute atomic E-state index is 0.213. The molecule has 2 aromatic heterocycles. The van der Waals surface area contributed by atoms with Crippen molar-refractivity contribution in [3.63, 3.8) is 0 Å². The molecule has 0 unspecified atom stereocenters. The molecule has 2 N–H and O–H groups in total. The Bertz CT molecular complexity index is 1120. The molecule has 5 rings (SSSR count). The van der Waals surface area contributed by atoms with Gasteiger partial charge in [0, 0.05) is 37.0 Å². The first-order valence-corrected chi connectivity index (χ1v) is 9.81. The molecule has 29 heavy (non-hydrogen) atoms. The Labute approximate surface area is 168 Å². The molecule has 0 atom stereocenters. The van der Waals surface area contributed by atoms with Crippen molar-refractivity contribution >= 4 is 28.4 Å². The molecule has 1 amide bonds. The number of pyridine rings is 1. The summed E-state index contributed by atoms with van der Waals surface area (Å²) in [7, 11) is 0. The van der Waals surface area contributed by atoms with E-state index in [-0.39, 0.29) is 5.91 Å². The van der Waals surface area contributed by atoms with Crippen LogP contribution in [0.1, 0.15) is 18.4 Å². The number of para-hydroxylation sites is 2. The zero-order chi connectivity index (χ0) is 19.6. The lowest BCUT2D eigenvalue weighted by molar-refractivity contribution is -0.117. The van der Waals surface area contributed by atoms with Gasteiger partial charge < -0.3 is 15.2 Å². The number of nitrogens with zero attached hydrogens (tertiary/aromatic N) is 3. The van der Waals surface area contributed by atoms with Gasteiger partial charge in [-0.15, -0.1) is 0 Å². The van der Waals surface area contributed by atoms with Crippen LogP contribution in [-0.2, 0) is 11.3 Å². The van der Waals surface area contributed by atoms with E-state index in [1.807, 2.05) is 59.6 Å². The molecule has 0 radical (unpaired) electrons. The van der Waals surface area contributed by atoms with Crippen molar-refractivity contribution in [3.05, 3.63) is 72.4 Å². The predicted molar refractivity (Wildman–Crippen MR) is 115 cm³/mol. The van der Waals surface area contributed by atoms with Crippen molar-refractivity contribution in [1.82, 2.24) is 15.0 Å². The number of fused-ring (bicyclic) bond motifs is 1. The van der Waals surface area contributed by atoms with Gasteiger partial charge in [-0.1, -0.05) is 24.3 Å². The van der Waals surface area contributed by atoms with E-state index in [1.54, 1.807) is 0 Å². The van der Waals surface area contributed by atoms with Crippen molar-refractivity contribution in [1.29, 1.82) is 0 Å². The maximum Gasteiger partial charge on any atom is 0.227 e. The van der Waals surface area contributed by atoms with Gasteiger partial charge in [0.25, 0.3) is 0 Å². The van der Waals surface area contributed by atoms with Crippen LogP contribution in [0.4, 0.5) is 11.5 Å². The number of hydrogen-bond acceptors (Lipinski definition) is 4. The van der Waals surface area contributed by atoms with E-state index < -0.39 is 0 Å². The van der Waals surface area contributed by atoms with Crippen molar-refractivity contribution in [3.8, 4) is 11.4 Å². The van der Waals surface area contributed by atoms with Crippen LogP contribution in [0.15, 0.2) is 66.9 Å². The molecule has 3 heterocycles. The first kappa shape index (κ1) is 17.4. The average molecular weight is 383 g/mol. The number of anilines is 2. The zero-order valence-corrected chi connectivity index (χ0v) is 15.9.